The molecule has 24 heavy (non-hydrogen) atoms. The third-order valence-electron chi connectivity index (χ3n) is 4.45. The number of aromatic amines is 1. The highest BCUT2D eigenvalue weighted by molar-refractivity contribution is 5.92. The van der Waals surface area contributed by atoms with Crippen LogP contribution in [-0.2, 0) is 0 Å². The van der Waals surface area contributed by atoms with E-state index in [1.165, 1.54) is 12.1 Å². The second-order valence-corrected chi connectivity index (χ2v) is 6.20. The van der Waals surface area contributed by atoms with Crippen LogP contribution in [0.25, 0.3) is 0 Å². The van der Waals surface area contributed by atoms with E-state index in [0.29, 0.717) is 18.5 Å². The molecule has 128 valence electrons. The van der Waals surface area contributed by atoms with Crippen molar-refractivity contribution in [3.8, 4) is 0 Å². The number of carbonyl (C=O) groups is 1. The molecule has 1 saturated heterocycles. The van der Waals surface area contributed by atoms with Crippen LogP contribution in [-0.4, -0.2) is 35.2 Å². The van der Waals surface area contributed by atoms with Gasteiger partial charge in [-0.25, -0.2) is 4.39 Å². The maximum absolute atomic E-state index is 13.8. The first-order chi connectivity index (χ1) is 11.5. The molecule has 1 fully saturated rings. The fourth-order valence-corrected chi connectivity index (χ4v) is 3.09. The SMILES string of the molecule is C[C@H](NC(=O)c1ccc[nH]1)c1cc(F)ccc1N1CCC(O)CC1. The maximum atomic E-state index is 13.8. The summed E-state index contributed by atoms with van der Waals surface area (Å²) in [5.41, 5.74) is 2.12. The summed E-state index contributed by atoms with van der Waals surface area (Å²) in [6, 6.07) is 7.77. The first-order valence-corrected chi connectivity index (χ1v) is 8.21. The molecule has 5 nitrogen and oxygen atoms in total. The van der Waals surface area contributed by atoms with Gasteiger partial charge in [-0.1, -0.05) is 0 Å². The maximum Gasteiger partial charge on any atom is 0.268 e. The Hall–Kier alpha value is -2.34. The molecule has 0 bridgehead atoms. The predicted octanol–water partition coefficient (Wildman–Crippen LogP) is 2.61. The van der Waals surface area contributed by atoms with E-state index < -0.39 is 0 Å². The summed E-state index contributed by atoms with van der Waals surface area (Å²) in [5, 5.41) is 12.6. The number of H-pyrrole nitrogens is 1. The number of aromatic nitrogens is 1. The normalized spacial score (nSPS) is 16.9. The van der Waals surface area contributed by atoms with Crippen LogP contribution in [0.15, 0.2) is 36.5 Å². The van der Waals surface area contributed by atoms with Crippen LogP contribution in [0.4, 0.5) is 10.1 Å². The Morgan fingerprint density at radius 1 is 1.38 bits per heavy atom. The molecule has 2 aromatic rings. The van der Waals surface area contributed by atoms with Gasteiger partial charge in [0.25, 0.3) is 5.91 Å². The van der Waals surface area contributed by atoms with E-state index in [1.807, 2.05) is 6.92 Å². The monoisotopic (exact) mass is 331 g/mol. The molecule has 1 atom stereocenters. The topological polar surface area (TPSA) is 68.4 Å². The quantitative estimate of drug-likeness (QED) is 0.807. The molecule has 3 rings (SSSR count). The lowest BCUT2D eigenvalue weighted by molar-refractivity contribution is 0.0935. The zero-order chi connectivity index (χ0) is 17.1. The number of nitrogens with zero attached hydrogens (tertiary/aromatic N) is 1. The zero-order valence-corrected chi connectivity index (χ0v) is 13.6. The number of nitrogens with one attached hydrogen (secondary N) is 2. The van der Waals surface area contributed by atoms with E-state index in [1.54, 1.807) is 24.4 Å². The van der Waals surface area contributed by atoms with Gasteiger partial charge in [0, 0.05) is 30.5 Å². The number of benzene rings is 1. The zero-order valence-electron chi connectivity index (χ0n) is 13.6. The van der Waals surface area contributed by atoms with Gasteiger partial charge >= 0.3 is 0 Å². The second kappa shape index (κ2) is 7.05. The predicted molar refractivity (Wildman–Crippen MR) is 90.5 cm³/mol. The van der Waals surface area contributed by atoms with Crippen molar-refractivity contribution in [2.45, 2.75) is 31.9 Å². The number of anilines is 1. The fraction of sp³-hybridized carbons (Fsp3) is 0.389. The fourth-order valence-electron chi connectivity index (χ4n) is 3.09. The summed E-state index contributed by atoms with van der Waals surface area (Å²) in [5.74, 6) is -0.552. The van der Waals surface area contributed by atoms with E-state index in [0.717, 1.165) is 24.3 Å². The molecule has 1 aliphatic rings. The molecule has 6 heteroatoms. The number of carbonyl (C=O) groups excluding carboxylic acids is 1. The number of amides is 1. The van der Waals surface area contributed by atoms with Gasteiger partial charge < -0.3 is 20.3 Å². The minimum absolute atomic E-state index is 0.225. The average Bonchev–Trinajstić information content (AvgIpc) is 3.10. The van der Waals surface area contributed by atoms with Crippen molar-refractivity contribution in [1.82, 2.24) is 10.3 Å². The van der Waals surface area contributed by atoms with Crippen LogP contribution in [0.2, 0.25) is 0 Å². The molecule has 0 saturated carbocycles. The number of aliphatic hydroxyl groups is 1. The lowest BCUT2D eigenvalue weighted by atomic mass is 10.0. The van der Waals surface area contributed by atoms with Crippen LogP contribution in [0.5, 0.6) is 0 Å². The Labute approximate surface area is 140 Å². The number of piperidine rings is 1. The summed E-state index contributed by atoms with van der Waals surface area (Å²) in [6.45, 7) is 3.28. The molecule has 0 unspecified atom stereocenters. The number of rotatable bonds is 4. The molecule has 0 spiro atoms. The number of halogens is 1. The minimum Gasteiger partial charge on any atom is -0.393 e. The third-order valence-corrected chi connectivity index (χ3v) is 4.45. The van der Waals surface area contributed by atoms with Crippen molar-refractivity contribution in [3.63, 3.8) is 0 Å². The largest absolute Gasteiger partial charge is 0.393 e. The highest BCUT2D eigenvalue weighted by Gasteiger charge is 2.22. The van der Waals surface area contributed by atoms with Crippen molar-refractivity contribution >= 4 is 11.6 Å². The number of aliphatic hydroxyl groups excluding tert-OH is 1. The Kier molecular flexibility index (Phi) is 4.85. The van der Waals surface area contributed by atoms with Crippen molar-refractivity contribution in [2.24, 2.45) is 0 Å². The molecule has 1 amide bonds. The smallest absolute Gasteiger partial charge is 0.268 e. The third kappa shape index (κ3) is 3.59. The molecule has 1 aromatic heterocycles. The van der Waals surface area contributed by atoms with Crippen molar-refractivity contribution < 1.29 is 14.3 Å². The lowest BCUT2D eigenvalue weighted by Gasteiger charge is -2.34. The van der Waals surface area contributed by atoms with Crippen LogP contribution >= 0.6 is 0 Å². The Balaban J connectivity index is 1.80. The van der Waals surface area contributed by atoms with Gasteiger partial charge in [-0.05, 0) is 50.1 Å². The van der Waals surface area contributed by atoms with Gasteiger partial charge in [0.15, 0.2) is 0 Å². The summed E-state index contributed by atoms with van der Waals surface area (Å²) in [4.78, 5) is 17.2. The average molecular weight is 331 g/mol. The van der Waals surface area contributed by atoms with Crippen LogP contribution in [0.1, 0.15) is 41.9 Å². The summed E-state index contributed by atoms with van der Waals surface area (Å²) in [7, 11) is 0. The van der Waals surface area contributed by atoms with Gasteiger partial charge in [-0.2, -0.15) is 0 Å². The number of hydrogen-bond acceptors (Lipinski definition) is 3. The second-order valence-electron chi connectivity index (χ2n) is 6.20. The first-order valence-electron chi connectivity index (χ1n) is 8.21. The summed E-state index contributed by atoms with van der Waals surface area (Å²) in [6.07, 6.45) is 2.81. The molecule has 1 aliphatic heterocycles. The molecule has 0 aliphatic carbocycles. The van der Waals surface area contributed by atoms with E-state index in [-0.39, 0.29) is 23.9 Å². The molecule has 0 radical (unpaired) electrons. The van der Waals surface area contributed by atoms with E-state index in [4.69, 9.17) is 0 Å². The van der Waals surface area contributed by atoms with Crippen LogP contribution < -0.4 is 10.2 Å². The van der Waals surface area contributed by atoms with Gasteiger partial charge in [0.05, 0.1) is 12.1 Å². The Bertz CT molecular complexity index is 694. The van der Waals surface area contributed by atoms with Gasteiger partial charge in [0.1, 0.15) is 11.5 Å². The van der Waals surface area contributed by atoms with E-state index in [2.05, 4.69) is 15.2 Å². The number of hydrogen-bond donors (Lipinski definition) is 3. The molecular weight excluding hydrogens is 309 g/mol. The minimum atomic E-state index is -0.335. The van der Waals surface area contributed by atoms with Crippen LogP contribution in [0.3, 0.4) is 0 Å². The molecular formula is C18H22FN3O2. The standard InChI is InChI=1S/C18H22FN3O2/c1-12(21-18(24)16-3-2-8-20-16)15-11-13(19)4-5-17(15)22-9-6-14(23)7-10-22/h2-5,8,11-12,14,20,23H,6-7,9-10H2,1H3,(H,21,24)/t12-/m0/s1. The Morgan fingerprint density at radius 3 is 2.79 bits per heavy atom. The van der Waals surface area contributed by atoms with E-state index >= 15 is 0 Å². The van der Waals surface area contributed by atoms with Crippen molar-refractivity contribution in [3.05, 3.63) is 53.6 Å². The molecule has 2 heterocycles. The van der Waals surface area contributed by atoms with Gasteiger partial charge in [-0.3, -0.25) is 4.79 Å². The lowest BCUT2D eigenvalue weighted by Crippen LogP contribution is -2.37. The Morgan fingerprint density at radius 2 is 2.12 bits per heavy atom. The van der Waals surface area contributed by atoms with E-state index in [9.17, 15) is 14.3 Å². The summed E-state index contributed by atoms with van der Waals surface area (Å²) < 4.78 is 13.8. The van der Waals surface area contributed by atoms with Gasteiger partial charge in [-0.15, -0.1) is 0 Å². The van der Waals surface area contributed by atoms with Crippen molar-refractivity contribution in [2.75, 3.05) is 18.0 Å². The summed E-state index contributed by atoms with van der Waals surface area (Å²) >= 11 is 0. The van der Waals surface area contributed by atoms with Crippen molar-refractivity contribution in [1.29, 1.82) is 0 Å². The highest BCUT2D eigenvalue weighted by atomic mass is 19.1. The molecule has 1 aromatic carbocycles. The first kappa shape index (κ1) is 16.5. The van der Waals surface area contributed by atoms with Crippen LogP contribution in [0, 0.1) is 5.82 Å². The molecule has 3 N–H and O–H groups in total. The highest BCUT2D eigenvalue weighted by Crippen LogP contribution is 2.29. The van der Waals surface area contributed by atoms with Gasteiger partial charge in [0.2, 0.25) is 0 Å².